The highest BCUT2D eigenvalue weighted by Crippen LogP contribution is 2.24. The molecular formula is C17H26N2O3. The lowest BCUT2D eigenvalue weighted by Crippen LogP contribution is -2.40. The largest absolute Gasteiger partial charge is 0.443 e. The van der Waals surface area contributed by atoms with Crippen LogP contribution in [0.1, 0.15) is 33.6 Å². The van der Waals surface area contributed by atoms with E-state index < -0.39 is 5.60 Å². The summed E-state index contributed by atoms with van der Waals surface area (Å²) in [6.45, 7) is 7.78. The van der Waals surface area contributed by atoms with Gasteiger partial charge in [0.05, 0.1) is 0 Å². The van der Waals surface area contributed by atoms with E-state index in [-0.39, 0.29) is 6.09 Å². The van der Waals surface area contributed by atoms with Crippen LogP contribution in [0, 0.1) is 5.92 Å². The predicted octanol–water partition coefficient (Wildman–Crippen LogP) is 3.44. The minimum atomic E-state index is -0.515. The van der Waals surface area contributed by atoms with Crippen LogP contribution in [-0.4, -0.2) is 31.5 Å². The fraction of sp³-hybridized carbons (Fsp3) is 0.588. The highest BCUT2D eigenvalue weighted by molar-refractivity contribution is 5.88. The summed E-state index contributed by atoms with van der Waals surface area (Å²) in [5.41, 5.74) is 6.72. The predicted molar refractivity (Wildman–Crippen MR) is 88.0 cm³/mol. The van der Waals surface area contributed by atoms with Crippen LogP contribution in [0.4, 0.5) is 16.2 Å². The maximum absolute atomic E-state index is 12.6. The number of ether oxygens (including phenoxy) is 2. The second-order valence-corrected chi connectivity index (χ2v) is 6.74. The highest BCUT2D eigenvalue weighted by atomic mass is 16.6. The number of amides is 1. The Hall–Kier alpha value is -1.75. The Morgan fingerprint density at radius 2 is 1.86 bits per heavy atom. The van der Waals surface area contributed by atoms with Crippen LogP contribution >= 0.6 is 0 Å². The maximum atomic E-state index is 12.6. The Morgan fingerprint density at radius 1 is 1.27 bits per heavy atom. The van der Waals surface area contributed by atoms with Crippen LogP contribution in [0.25, 0.3) is 0 Å². The van der Waals surface area contributed by atoms with Crippen LogP contribution in [0.3, 0.4) is 0 Å². The molecule has 0 atom stereocenters. The highest BCUT2D eigenvalue weighted by Gasteiger charge is 2.26. The first kappa shape index (κ1) is 16.6. The van der Waals surface area contributed by atoms with Gasteiger partial charge in [0.25, 0.3) is 0 Å². The Bertz CT molecular complexity index is 488. The topological polar surface area (TPSA) is 64.8 Å². The number of benzene rings is 1. The molecule has 5 heteroatoms. The molecule has 0 aliphatic carbocycles. The van der Waals surface area contributed by atoms with Crippen molar-refractivity contribution in [3.8, 4) is 0 Å². The molecule has 1 fully saturated rings. The Balaban J connectivity index is 2.15. The van der Waals surface area contributed by atoms with Crippen LogP contribution in [-0.2, 0) is 9.47 Å². The number of carbonyl (C=O) groups excluding carboxylic acids is 1. The summed E-state index contributed by atoms with van der Waals surface area (Å²) in [6, 6.07) is 7.32. The molecule has 1 aliphatic rings. The summed E-state index contributed by atoms with van der Waals surface area (Å²) in [6.07, 6.45) is 1.62. The molecule has 1 amide bonds. The molecule has 0 unspecified atom stereocenters. The standard InChI is InChI=1S/C17H26N2O3/c1-17(2,3)22-16(20)19(12-13-8-10-21-11-9-13)15-6-4-14(18)5-7-15/h4-7,13H,8-12,18H2,1-3H3. The smallest absolute Gasteiger partial charge is 0.414 e. The van der Waals surface area contributed by atoms with Gasteiger partial charge < -0.3 is 15.2 Å². The van der Waals surface area contributed by atoms with Crippen molar-refractivity contribution in [2.75, 3.05) is 30.4 Å². The molecule has 0 saturated carbocycles. The lowest BCUT2D eigenvalue weighted by atomic mass is 9.99. The Kier molecular flexibility index (Phi) is 5.29. The van der Waals surface area contributed by atoms with Crippen LogP contribution in [0.2, 0.25) is 0 Å². The number of nitrogen functional groups attached to an aromatic ring is 1. The van der Waals surface area contributed by atoms with Gasteiger partial charge >= 0.3 is 6.09 Å². The van der Waals surface area contributed by atoms with E-state index in [9.17, 15) is 4.79 Å². The molecular weight excluding hydrogens is 280 g/mol. The zero-order valence-electron chi connectivity index (χ0n) is 13.7. The van der Waals surface area contributed by atoms with Gasteiger partial charge in [-0.2, -0.15) is 0 Å². The fourth-order valence-electron chi connectivity index (χ4n) is 2.44. The lowest BCUT2D eigenvalue weighted by Gasteiger charge is -2.31. The van der Waals surface area contributed by atoms with Gasteiger partial charge in [-0.1, -0.05) is 0 Å². The van der Waals surface area contributed by atoms with Crippen molar-refractivity contribution in [1.82, 2.24) is 0 Å². The van der Waals surface area contributed by atoms with E-state index in [2.05, 4.69) is 0 Å². The molecule has 1 heterocycles. The molecule has 1 aliphatic heterocycles. The molecule has 0 bridgehead atoms. The lowest BCUT2D eigenvalue weighted by molar-refractivity contribution is 0.0515. The summed E-state index contributed by atoms with van der Waals surface area (Å²) in [4.78, 5) is 14.3. The van der Waals surface area contributed by atoms with E-state index in [4.69, 9.17) is 15.2 Å². The van der Waals surface area contributed by atoms with E-state index >= 15 is 0 Å². The van der Waals surface area contributed by atoms with E-state index in [1.807, 2.05) is 32.9 Å². The minimum Gasteiger partial charge on any atom is -0.443 e. The van der Waals surface area contributed by atoms with E-state index in [1.54, 1.807) is 17.0 Å². The minimum absolute atomic E-state index is 0.316. The van der Waals surface area contributed by atoms with Crippen molar-refractivity contribution in [1.29, 1.82) is 0 Å². The fourth-order valence-corrected chi connectivity index (χ4v) is 2.44. The molecule has 22 heavy (non-hydrogen) atoms. The molecule has 5 nitrogen and oxygen atoms in total. The van der Waals surface area contributed by atoms with E-state index in [1.165, 1.54) is 0 Å². The van der Waals surface area contributed by atoms with E-state index in [0.29, 0.717) is 18.2 Å². The number of hydrogen-bond donors (Lipinski definition) is 1. The van der Waals surface area contributed by atoms with Gasteiger partial charge in [-0.15, -0.1) is 0 Å². The van der Waals surface area contributed by atoms with Gasteiger partial charge in [-0.25, -0.2) is 4.79 Å². The zero-order valence-corrected chi connectivity index (χ0v) is 13.7. The first-order valence-electron chi connectivity index (χ1n) is 7.79. The molecule has 1 aromatic carbocycles. The van der Waals surface area contributed by atoms with E-state index in [0.717, 1.165) is 31.7 Å². The van der Waals surface area contributed by atoms with Gasteiger partial charge in [0.2, 0.25) is 0 Å². The van der Waals surface area contributed by atoms with Crippen molar-refractivity contribution in [3.63, 3.8) is 0 Å². The molecule has 1 saturated heterocycles. The van der Waals surface area contributed by atoms with Crippen LogP contribution in [0.5, 0.6) is 0 Å². The van der Waals surface area contributed by atoms with Crippen LogP contribution in [0.15, 0.2) is 24.3 Å². The van der Waals surface area contributed by atoms with Crippen molar-refractivity contribution in [3.05, 3.63) is 24.3 Å². The SMILES string of the molecule is CC(C)(C)OC(=O)N(CC1CCOCC1)c1ccc(N)cc1. The van der Waals surface area contributed by atoms with Gasteiger partial charge in [-0.05, 0) is 63.8 Å². The molecule has 0 spiro atoms. The third-order valence-electron chi connectivity index (χ3n) is 3.60. The number of nitrogens with zero attached hydrogens (tertiary/aromatic N) is 1. The second-order valence-electron chi connectivity index (χ2n) is 6.74. The molecule has 2 rings (SSSR count). The summed E-state index contributed by atoms with van der Waals surface area (Å²) in [5, 5.41) is 0. The number of nitrogens with two attached hydrogens (primary N) is 1. The van der Waals surface area contributed by atoms with Crippen LogP contribution < -0.4 is 10.6 Å². The zero-order chi connectivity index (χ0) is 16.2. The summed E-state index contributed by atoms with van der Waals surface area (Å²) < 4.78 is 10.9. The number of rotatable bonds is 3. The van der Waals surface area contributed by atoms with Crippen molar-refractivity contribution in [2.24, 2.45) is 5.92 Å². The summed E-state index contributed by atoms with van der Waals surface area (Å²) >= 11 is 0. The van der Waals surface area contributed by atoms with Crippen molar-refractivity contribution in [2.45, 2.75) is 39.2 Å². The summed E-state index contributed by atoms with van der Waals surface area (Å²) in [5.74, 6) is 0.429. The van der Waals surface area contributed by atoms with Gasteiger partial charge in [0, 0.05) is 31.1 Å². The van der Waals surface area contributed by atoms with Crippen molar-refractivity contribution < 1.29 is 14.3 Å². The van der Waals surface area contributed by atoms with Gasteiger partial charge in [0.15, 0.2) is 0 Å². The quantitative estimate of drug-likeness (QED) is 0.869. The first-order valence-corrected chi connectivity index (χ1v) is 7.79. The third-order valence-corrected chi connectivity index (χ3v) is 3.60. The Labute approximate surface area is 132 Å². The van der Waals surface area contributed by atoms with Gasteiger partial charge in [0.1, 0.15) is 5.60 Å². The average molecular weight is 306 g/mol. The normalized spacial score (nSPS) is 16.3. The number of carbonyl (C=O) groups is 1. The number of hydrogen-bond acceptors (Lipinski definition) is 4. The Morgan fingerprint density at radius 3 is 2.41 bits per heavy atom. The molecule has 2 N–H and O–H groups in total. The molecule has 0 radical (unpaired) electrons. The average Bonchev–Trinajstić information content (AvgIpc) is 2.45. The second kappa shape index (κ2) is 7.01. The molecule has 122 valence electrons. The first-order chi connectivity index (χ1) is 10.3. The number of anilines is 2. The molecule has 0 aromatic heterocycles. The van der Waals surface area contributed by atoms with Gasteiger partial charge in [-0.3, -0.25) is 4.90 Å². The van der Waals surface area contributed by atoms with Crippen molar-refractivity contribution >= 4 is 17.5 Å². The summed E-state index contributed by atoms with van der Waals surface area (Å²) in [7, 11) is 0. The monoisotopic (exact) mass is 306 g/mol. The third kappa shape index (κ3) is 4.91. The molecule has 1 aromatic rings. The maximum Gasteiger partial charge on any atom is 0.414 e.